The van der Waals surface area contributed by atoms with E-state index in [9.17, 15) is 0 Å². The van der Waals surface area contributed by atoms with Crippen molar-refractivity contribution in [2.45, 2.75) is 38.1 Å². The smallest absolute Gasteiger partial charge is 0.0588 e. The highest BCUT2D eigenvalue weighted by atomic mass is 16.5. The number of rotatable bonds is 2. The predicted octanol–water partition coefficient (Wildman–Crippen LogP) is 2.31. The zero-order valence-corrected chi connectivity index (χ0v) is 10.7. The van der Waals surface area contributed by atoms with Gasteiger partial charge in [-0.3, -0.25) is 0 Å². The van der Waals surface area contributed by atoms with Crippen LogP contribution in [0.4, 0.5) is 0 Å². The molecule has 0 atom stereocenters. The van der Waals surface area contributed by atoms with E-state index in [2.05, 4.69) is 32.0 Å². The van der Waals surface area contributed by atoms with Crippen molar-refractivity contribution in [2.24, 2.45) is 11.7 Å². The molecule has 2 nitrogen and oxygen atoms in total. The van der Waals surface area contributed by atoms with Gasteiger partial charge in [0.15, 0.2) is 0 Å². The van der Waals surface area contributed by atoms with E-state index in [1.54, 1.807) is 0 Å². The highest BCUT2D eigenvalue weighted by Crippen LogP contribution is 2.49. The lowest BCUT2D eigenvalue weighted by atomic mass is 9.58. The van der Waals surface area contributed by atoms with Crippen LogP contribution in [0.1, 0.15) is 29.5 Å². The second-order valence-corrected chi connectivity index (χ2v) is 5.90. The summed E-state index contributed by atoms with van der Waals surface area (Å²) < 4.78 is 5.54. The molecule has 2 N–H and O–H groups in total. The van der Waals surface area contributed by atoms with Crippen molar-refractivity contribution >= 4 is 0 Å². The highest BCUT2D eigenvalue weighted by Gasteiger charge is 2.51. The van der Waals surface area contributed by atoms with Crippen LogP contribution >= 0.6 is 0 Å². The summed E-state index contributed by atoms with van der Waals surface area (Å²) in [5.74, 6) is 0.728. The number of aryl methyl sites for hydroxylation is 2. The third-order valence-corrected chi connectivity index (χ3v) is 4.60. The van der Waals surface area contributed by atoms with E-state index in [-0.39, 0.29) is 5.41 Å². The Morgan fingerprint density at radius 1 is 1.24 bits per heavy atom. The first-order valence-electron chi connectivity index (χ1n) is 6.53. The van der Waals surface area contributed by atoms with Gasteiger partial charge in [0.2, 0.25) is 0 Å². The van der Waals surface area contributed by atoms with Gasteiger partial charge >= 0.3 is 0 Å². The van der Waals surface area contributed by atoms with Crippen LogP contribution in [0.5, 0.6) is 0 Å². The molecule has 3 rings (SSSR count). The zero-order valence-electron chi connectivity index (χ0n) is 10.7. The Kier molecular flexibility index (Phi) is 2.53. The van der Waals surface area contributed by atoms with Crippen LogP contribution in [0.15, 0.2) is 18.2 Å². The molecule has 2 heteroatoms. The first-order valence-corrected chi connectivity index (χ1v) is 6.53. The summed E-state index contributed by atoms with van der Waals surface area (Å²) in [6, 6.07) is 7.20. The van der Waals surface area contributed by atoms with Crippen LogP contribution < -0.4 is 5.73 Å². The minimum atomic E-state index is 0.270. The molecule has 92 valence electrons. The molecular weight excluding hydrogens is 210 g/mol. The van der Waals surface area contributed by atoms with Crippen LogP contribution in [0, 0.1) is 19.8 Å². The van der Waals surface area contributed by atoms with Crippen LogP contribution in [0.3, 0.4) is 0 Å². The minimum Gasteiger partial charge on any atom is -0.379 e. The monoisotopic (exact) mass is 231 g/mol. The van der Waals surface area contributed by atoms with Gasteiger partial charge < -0.3 is 10.5 Å². The van der Waals surface area contributed by atoms with Crippen LogP contribution in [-0.4, -0.2) is 19.3 Å². The largest absolute Gasteiger partial charge is 0.379 e. The third kappa shape index (κ3) is 1.62. The fourth-order valence-electron chi connectivity index (χ4n) is 3.32. The summed E-state index contributed by atoms with van der Waals surface area (Å²) in [6.07, 6.45) is 2.33. The fraction of sp³-hybridized carbons (Fsp3) is 0.600. The molecule has 1 aromatic rings. The molecule has 1 aliphatic carbocycles. The van der Waals surface area contributed by atoms with Gasteiger partial charge in [-0.25, -0.2) is 0 Å². The van der Waals surface area contributed by atoms with Crippen LogP contribution in [0.2, 0.25) is 0 Å². The molecule has 2 aliphatic rings. The highest BCUT2D eigenvalue weighted by molar-refractivity contribution is 5.39. The van der Waals surface area contributed by atoms with E-state index >= 15 is 0 Å². The van der Waals surface area contributed by atoms with Gasteiger partial charge in [-0.2, -0.15) is 0 Å². The van der Waals surface area contributed by atoms with E-state index in [1.165, 1.54) is 16.7 Å². The van der Waals surface area contributed by atoms with Crippen molar-refractivity contribution in [3.8, 4) is 0 Å². The van der Waals surface area contributed by atoms with Gasteiger partial charge in [-0.15, -0.1) is 0 Å². The molecule has 1 saturated carbocycles. The quantitative estimate of drug-likeness (QED) is 0.847. The van der Waals surface area contributed by atoms with E-state index in [0.717, 1.165) is 32.0 Å². The maximum atomic E-state index is 5.95. The lowest BCUT2D eigenvalue weighted by Crippen LogP contribution is -2.58. The molecule has 17 heavy (non-hydrogen) atoms. The average Bonchev–Trinajstić information content (AvgIpc) is 2.19. The lowest BCUT2D eigenvalue weighted by molar-refractivity contribution is -0.111. The zero-order chi connectivity index (χ0) is 12.0. The average molecular weight is 231 g/mol. The maximum Gasteiger partial charge on any atom is 0.0588 e. The van der Waals surface area contributed by atoms with Crippen LogP contribution in [-0.2, 0) is 10.2 Å². The standard InChI is InChI=1S/C15H21NO/c1-10-3-4-11(2)14(5-10)15(8-17-9-15)12-6-13(16)7-12/h3-5,12-13H,6-9,16H2,1-2H3. The Morgan fingerprint density at radius 2 is 1.94 bits per heavy atom. The molecule has 1 heterocycles. The first kappa shape index (κ1) is 11.2. The van der Waals surface area contributed by atoms with Gasteiger partial charge in [0, 0.05) is 11.5 Å². The summed E-state index contributed by atoms with van der Waals surface area (Å²) in [7, 11) is 0. The molecule has 0 aromatic heterocycles. The predicted molar refractivity (Wildman–Crippen MR) is 69.1 cm³/mol. The third-order valence-electron chi connectivity index (χ3n) is 4.60. The summed E-state index contributed by atoms with van der Waals surface area (Å²) in [5.41, 5.74) is 10.5. The Hall–Kier alpha value is -0.860. The molecule has 0 radical (unpaired) electrons. The minimum absolute atomic E-state index is 0.270. The molecular formula is C15H21NO. The van der Waals surface area contributed by atoms with Gasteiger partial charge in [0.05, 0.1) is 13.2 Å². The van der Waals surface area contributed by atoms with Crippen molar-refractivity contribution in [2.75, 3.05) is 13.2 Å². The van der Waals surface area contributed by atoms with Crippen molar-refractivity contribution in [1.29, 1.82) is 0 Å². The molecule has 0 spiro atoms. The van der Waals surface area contributed by atoms with Gasteiger partial charge in [0.1, 0.15) is 0 Å². The van der Waals surface area contributed by atoms with E-state index in [1.807, 2.05) is 0 Å². The van der Waals surface area contributed by atoms with E-state index in [0.29, 0.717) is 6.04 Å². The molecule has 2 fully saturated rings. The van der Waals surface area contributed by atoms with Gasteiger partial charge in [-0.05, 0) is 43.7 Å². The molecule has 0 unspecified atom stereocenters. The topological polar surface area (TPSA) is 35.2 Å². The summed E-state index contributed by atoms with van der Waals surface area (Å²) in [6.45, 7) is 6.15. The summed E-state index contributed by atoms with van der Waals surface area (Å²) in [4.78, 5) is 0. The SMILES string of the molecule is Cc1ccc(C)c(C2(C3CC(N)C3)COC2)c1. The maximum absolute atomic E-state index is 5.95. The molecule has 1 aromatic carbocycles. The van der Waals surface area contributed by atoms with Crippen molar-refractivity contribution < 1.29 is 4.74 Å². The van der Waals surface area contributed by atoms with Crippen LogP contribution in [0.25, 0.3) is 0 Å². The van der Waals surface area contributed by atoms with Crippen molar-refractivity contribution in [3.05, 3.63) is 34.9 Å². The normalized spacial score (nSPS) is 30.5. The molecule has 0 bridgehead atoms. The van der Waals surface area contributed by atoms with Crippen molar-refractivity contribution in [1.82, 2.24) is 0 Å². The van der Waals surface area contributed by atoms with Gasteiger partial charge in [0.25, 0.3) is 0 Å². The summed E-state index contributed by atoms with van der Waals surface area (Å²) in [5, 5.41) is 0. The van der Waals surface area contributed by atoms with E-state index < -0.39 is 0 Å². The van der Waals surface area contributed by atoms with Crippen molar-refractivity contribution in [3.63, 3.8) is 0 Å². The number of ether oxygens (including phenoxy) is 1. The number of nitrogens with two attached hydrogens (primary N) is 1. The number of hydrogen-bond donors (Lipinski definition) is 1. The Balaban J connectivity index is 1.97. The first-order chi connectivity index (χ1) is 8.12. The Morgan fingerprint density at radius 3 is 2.47 bits per heavy atom. The van der Waals surface area contributed by atoms with E-state index in [4.69, 9.17) is 10.5 Å². The second-order valence-electron chi connectivity index (χ2n) is 5.90. The molecule has 1 saturated heterocycles. The number of hydrogen-bond acceptors (Lipinski definition) is 2. The summed E-state index contributed by atoms with van der Waals surface area (Å²) >= 11 is 0. The Bertz CT molecular complexity index is 431. The lowest BCUT2D eigenvalue weighted by Gasteiger charge is -2.53. The molecule has 0 amide bonds. The molecule has 1 aliphatic heterocycles. The fourth-order valence-corrected chi connectivity index (χ4v) is 3.32. The van der Waals surface area contributed by atoms with Gasteiger partial charge in [-0.1, -0.05) is 23.8 Å². The Labute approximate surface area is 103 Å². The number of benzene rings is 1. The second kappa shape index (κ2) is 3.82.